The van der Waals surface area contributed by atoms with Crippen LogP contribution in [-0.4, -0.2) is 25.1 Å². The van der Waals surface area contributed by atoms with E-state index < -0.39 is 11.7 Å². The van der Waals surface area contributed by atoms with Gasteiger partial charge in [-0.1, -0.05) is 6.07 Å². The second-order valence-corrected chi connectivity index (χ2v) is 6.98. The van der Waals surface area contributed by atoms with E-state index in [1.807, 2.05) is 0 Å². The highest BCUT2D eigenvalue weighted by Gasteiger charge is 2.35. The Bertz CT molecular complexity index is 621. The first-order valence-electron chi connectivity index (χ1n) is 8.62. The second kappa shape index (κ2) is 7.23. The summed E-state index contributed by atoms with van der Waals surface area (Å²) in [4.78, 5) is 12.2. The van der Waals surface area contributed by atoms with Gasteiger partial charge < -0.3 is 15.4 Å². The van der Waals surface area contributed by atoms with E-state index >= 15 is 0 Å². The van der Waals surface area contributed by atoms with Gasteiger partial charge in [0.1, 0.15) is 5.75 Å². The van der Waals surface area contributed by atoms with E-state index in [4.69, 9.17) is 4.74 Å². The molecule has 0 radical (unpaired) electrons. The first-order valence-corrected chi connectivity index (χ1v) is 8.62. The van der Waals surface area contributed by atoms with Crippen LogP contribution in [-0.2, 0) is 17.5 Å². The standard InChI is InChI=1S/C18H23F3N2O2/c1-25-15-5-2-12(16(9-15)18(19,20)21)10-22-17(24)8-11-6-13-3-4-14(7-11)23-13/h2,5,9,11,13-14,23H,3-4,6-8,10H2,1H3,(H,22,24). The molecule has 3 rings (SSSR count). The molecule has 2 unspecified atom stereocenters. The van der Waals surface area contributed by atoms with Gasteiger partial charge in [0, 0.05) is 25.0 Å². The number of amides is 1. The lowest BCUT2D eigenvalue weighted by Gasteiger charge is -2.28. The Labute approximate surface area is 145 Å². The van der Waals surface area contributed by atoms with Crippen LogP contribution in [0.5, 0.6) is 5.75 Å². The molecule has 1 aromatic rings. The summed E-state index contributed by atoms with van der Waals surface area (Å²) < 4.78 is 44.4. The molecule has 0 spiro atoms. The number of carbonyl (C=O) groups excluding carboxylic acids is 1. The molecule has 4 nitrogen and oxygen atoms in total. The van der Waals surface area contributed by atoms with Crippen molar-refractivity contribution >= 4 is 5.91 Å². The van der Waals surface area contributed by atoms with Crippen LogP contribution in [0.2, 0.25) is 0 Å². The Kier molecular flexibility index (Phi) is 5.22. The SMILES string of the molecule is COc1ccc(CNC(=O)CC2CC3CCC(C2)N3)c(C(F)(F)F)c1. The summed E-state index contributed by atoms with van der Waals surface area (Å²) in [6.07, 6.45) is 0.155. The van der Waals surface area contributed by atoms with Crippen molar-refractivity contribution in [2.75, 3.05) is 7.11 Å². The molecular weight excluding hydrogens is 333 g/mol. The summed E-state index contributed by atoms with van der Waals surface area (Å²) in [5.74, 6) is 0.277. The number of piperidine rings is 1. The van der Waals surface area contributed by atoms with Gasteiger partial charge >= 0.3 is 6.18 Å². The minimum atomic E-state index is -4.48. The zero-order valence-electron chi connectivity index (χ0n) is 14.2. The number of hydrogen-bond donors (Lipinski definition) is 2. The number of ether oxygens (including phenoxy) is 1. The van der Waals surface area contributed by atoms with Crippen LogP contribution in [0.3, 0.4) is 0 Å². The third kappa shape index (κ3) is 4.45. The van der Waals surface area contributed by atoms with Crippen LogP contribution in [0.15, 0.2) is 18.2 Å². The fraction of sp³-hybridized carbons (Fsp3) is 0.611. The normalized spacial score (nSPS) is 25.7. The first-order chi connectivity index (χ1) is 11.8. The molecule has 2 aliphatic rings. The maximum atomic E-state index is 13.2. The second-order valence-electron chi connectivity index (χ2n) is 6.98. The molecule has 1 amide bonds. The van der Waals surface area contributed by atoms with Crippen LogP contribution in [0.4, 0.5) is 13.2 Å². The van der Waals surface area contributed by atoms with Crippen molar-refractivity contribution in [2.24, 2.45) is 5.92 Å². The van der Waals surface area contributed by atoms with E-state index in [2.05, 4.69) is 10.6 Å². The molecule has 25 heavy (non-hydrogen) atoms. The Hall–Kier alpha value is -1.76. The largest absolute Gasteiger partial charge is 0.497 e. The first kappa shape index (κ1) is 18.0. The third-order valence-corrected chi connectivity index (χ3v) is 5.14. The molecule has 1 aromatic carbocycles. The van der Waals surface area contributed by atoms with E-state index in [1.165, 1.54) is 19.2 Å². The molecule has 0 aliphatic carbocycles. The van der Waals surface area contributed by atoms with Crippen molar-refractivity contribution in [3.8, 4) is 5.75 Å². The predicted molar refractivity (Wildman–Crippen MR) is 87.1 cm³/mol. The molecule has 2 heterocycles. The minimum absolute atomic E-state index is 0.0482. The lowest BCUT2D eigenvalue weighted by Crippen LogP contribution is -2.39. The summed E-state index contributed by atoms with van der Waals surface area (Å²) in [6.45, 7) is -0.129. The monoisotopic (exact) mass is 356 g/mol. The predicted octanol–water partition coefficient (Wildman–Crippen LogP) is 3.25. The van der Waals surface area contributed by atoms with Crippen LogP contribution in [0.1, 0.15) is 43.2 Å². The number of nitrogens with one attached hydrogen (secondary N) is 2. The van der Waals surface area contributed by atoms with Gasteiger partial charge in [0.15, 0.2) is 0 Å². The average molecular weight is 356 g/mol. The van der Waals surface area contributed by atoms with Crippen molar-refractivity contribution in [3.63, 3.8) is 0 Å². The topological polar surface area (TPSA) is 50.4 Å². The van der Waals surface area contributed by atoms with E-state index in [0.717, 1.165) is 31.7 Å². The van der Waals surface area contributed by atoms with Gasteiger partial charge in [-0.05, 0) is 49.3 Å². The van der Waals surface area contributed by atoms with Crippen molar-refractivity contribution in [2.45, 2.75) is 56.9 Å². The molecule has 0 aromatic heterocycles. The number of fused-ring (bicyclic) bond motifs is 2. The molecule has 2 bridgehead atoms. The summed E-state index contributed by atoms with van der Waals surface area (Å²) in [5, 5.41) is 6.16. The third-order valence-electron chi connectivity index (χ3n) is 5.14. The Morgan fingerprint density at radius 2 is 1.96 bits per heavy atom. The van der Waals surface area contributed by atoms with E-state index in [1.54, 1.807) is 0 Å². The molecular formula is C18H23F3N2O2. The maximum Gasteiger partial charge on any atom is 0.416 e. The summed E-state index contributed by atoms with van der Waals surface area (Å²) >= 11 is 0. The van der Waals surface area contributed by atoms with E-state index in [9.17, 15) is 18.0 Å². The fourth-order valence-corrected chi connectivity index (χ4v) is 3.97. The van der Waals surface area contributed by atoms with Crippen LogP contribution >= 0.6 is 0 Å². The minimum Gasteiger partial charge on any atom is -0.497 e. The summed E-state index contributed by atoms with van der Waals surface area (Å²) in [5.41, 5.74) is -0.723. The van der Waals surface area contributed by atoms with Crippen LogP contribution in [0.25, 0.3) is 0 Å². The lowest BCUT2D eigenvalue weighted by atomic mass is 9.89. The average Bonchev–Trinajstić information content (AvgIpc) is 2.90. The highest BCUT2D eigenvalue weighted by Crippen LogP contribution is 2.35. The fourth-order valence-electron chi connectivity index (χ4n) is 3.97. The Morgan fingerprint density at radius 1 is 1.28 bits per heavy atom. The van der Waals surface area contributed by atoms with Crippen molar-refractivity contribution in [3.05, 3.63) is 29.3 Å². The molecule has 138 valence electrons. The molecule has 7 heteroatoms. The molecule has 2 atom stereocenters. The van der Waals surface area contributed by atoms with Gasteiger partial charge in [-0.2, -0.15) is 13.2 Å². The Balaban J connectivity index is 1.58. The number of methoxy groups -OCH3 is 1. The van der Waals surface area contributed by atoms with Crippen molar-refractivity contribution < 1.29 is 22.7 Å². The molecule has 0 saturated carbocycles. The molecule has 2 fully saturated rings. The van der Waals surface area contributed by atoms with Crippen LogP contribution < -0.4 is 15.4 Å². The highest BCUT2D eigenvalue weighted by atomic mass is 19.4. The van der Waals surface area contributed by atoms with Crippen molar-refractivity contribution in [1.82, 2.24) is 10.6 Å². The number of hydrogen-bond acceptors (Lipinski definition) is 3. The van der Waals surface area contributed by atoms with E-state index in [-0.39, 0.29) is 23.8 Å². The quantitative estimate of drug-likeness (QED) is 0.852. The van der Waals surface area contributed by atoms with Gasteiger partial charge in [-0.25, -0.2) is 0 Å². The smallest absolute Gasteiger partial charge is 0.416 e. The number of carbonyl (C=O) groups is 1. The molecule has 2 N–H and O–H groups in total. The van der Waals surface area contributed by atoms with Gasteiger partial charge in [0.05, 0.1) is 12.7 Å². The van der Waals surface area contributed by atoms with Crippen LogP contribution in [0, 0.1) is 5.92 Å². The summed E-state index contributed by atoms with van der Waals surface area (Å²) in [7, 11) is 1.32. The number of benzene rings is 1. The molecule has 2 saturated heterocycles. The van der Waals surface area contributed by atoms with Crippen molar-refractivity contribution in [1.29, 1.82) is 0 Å². The zero-order chi connectivity index (χ0) is 18.0. The zero-order valence-corrected chi connectivity index (χ0v) is 14.2. The van der Waals surface area contributed by atoms with Gasteiger partial charge in [0.2, 0.25) is 5.91 Å². The van der Waals surface area contributed by atoms with Gasteiger partial charge in [-0.3, -0.25) is 4.79 Å². The molecule has 2 aliphatic heterocycles. The number of halogens is 3. The van der Waals surface area contributed by atoms with Gasteiger partial charge in [0.25, 0.3) is 0 Å². The highest BCUT2D eigenvalue weighted by molar-refractivity contribution is 5.76. The Morgan fingerprint density at radius 3 is 2.56 bits per heavy atom. The van der Waals surface area contributed by atoms with Gasteiger partial charge in [-0.15, -0.1) is 0 Å². The number of alkyl halides is 3. The summed E-state index contributed by atoms with van der Waals surface area (Å²) in [6, 6.07) is 4.78. The number of rotatable bonds is 5. The lowest BCUT2D eigenvalue weighted by molar-refractivity contribution is -0.138. The maximum absolute atomic E-state index is 13.2. The van der Waals surface area contributed by atoms with E-state index in [0.29, 0.717) is 24.4 Å².